The minimum absolute atomic E-state index is 0.0148. The van der Waals surface area contributed by atoms with E-state index >= 15 is 0 Å². The maximum atomic E-state index is 13.0. The number of hydrogen-bond acceptors (Lipinski definition) is 5. The van der Waals surface area contributed by atoms with Crippen molar-refractivity contribution in [2.45, 2.75) is 32.2 Å². The monoisotopic (exact) mass is 367 g/mol. The van der Waals surface area contributed by atoms with Gasteiger partial charge in [0.15, 0.2) is 5.82 Å². The first-order valence-corrected chi connectivity index (χ1v) is 9.69. The van der Waals surface area contributed by atoms with Crippen molar-refractivity contribution in [3.63, 3.8) is 0 Å². The molecule has 3 aromatic rings. The van der Waals surface area contributed by atoms with Crippen molar-refractivity contribution in [2.75, 3.05) is 6.54 Å². The average molecular weight is 367 g/mol. The van der Waals surface area contributed by atoms with E-state index in [0.29, 0.717) is 5.82 Å². The van der Waals surface area contributed by atoms with E-state index in [1.165, 1.54) is 11.3 Å². The zero-order chi connectivity index (χ0) is 18.1. The number of likely N-dealkylation sites (tertiary alicyclic amines) is 1. The van der Waals surface area contributed by atoms with Crippen LogP contribution in [0.3, 0.4) is 0 Å². The van der Waals surface area contributed by atoms with Gasteiger partial charge in [-0.1, -0.05) is 6.07 Å². The molecule has 1 saturated heterocycles. The molecule has 0 bridgehead atoms. The Morgan fingerprint density at radius 3 is 2.92 bits per heavy atom. The van der Waals surface area contributed by atoms with E-state index < -0.39 is 0 Å². The van der Waals surface area contributed by atoms with Crippen LogP contribution in [0.5, 0.6) is 0 Å². The molecule has 4 heterocycles. The lowest BCUT2D eigenvalue weighted by Gasteiger charge is -2.35. The Morgan fingerprint density at radius 2 is 2.19 bits per heavy atom. The molecule has 6 nitrogen and oxygen atoms in total. The predicted molar refractivity (Wildman–Crippen MR) is 101 cm³/mol. The van der Waals surface area contributed by atoms with E-state index in [0.717, 1.165) is 47.9 Å². The predicted octanol–water partition coefficient (Wildman–Crippen LogP) is 3.61. The molecule has 1 aliphatic rings. The van der Waals surface area contributed by atoms with Crippen molar-refractivity contribution in [1.82, 2.24) is 24.4 Å². The first kappa shape index (κ1) is 16.9. The Bertz CT molecular complexity index is 918. The molecule has 1 unspecified atom stereocenters. The highest BCUT2D eigenvalue weighted by atomic mass is 32.1. The van der Waals surface area contributed by atoms with Crippen LogP contribution in [0.4, 0.5) is 0 Å². The molecular weight excluding hydrogens is 346 g/mol. The van der Waals surface area contributed by atoms with E-state index in [-0.39, 0.29) is 11.9 Å². The zero-order valence-corrected chi connectivity index (χ0v) is 15.7. The molecule has 0 spiro atoms. The smallest absolute Gasteiger partial charge is 0.264 e. The summed E-state index contributed by atoms with van der Waals surface area (Å²) in [5.41, 5.74) is 1.70. The van der Waals surface area contributed by atoms with Crippen molar-refractivity contribution >= 4 is 17.2 Å². The lowest BCUT2D eigenvalue weighted by Crippen LogP contribution is -2.38. The van der Waals surface area contributed by atoms with Crippen molar-refractivity contribution in [3.8, 4) is 11.5 Å². The summed E-state index contributed by atoms with van der Waals surface area (Å²) in [6, 6.07) is 5.78. The van der Waals surface area contributed by atoms with Gasteiger partial charge in [-0.2, -0.15) is 0 Å². The molecule has 0 aliphatic carbocycles. The number of carbonyl (C=O) groups excluding carboxylic acids is 1. The number of nitrogens with zero attached hydrogens (tertiary/aromatic N) is 5. The third-order valence-electron chi connectivity index (χ3n) is 4.75. The second-order valence-electron chi connectivity index (χ2n) is 6.57. The molecule has 0 N–H and O–H groups in total. The van der Waals surface area contributed by atoms with Crippen LogP contribution in [-0.4, -0.2) is 36.9 Å². The van der Waals surface area contributed by atoms with E-state index in [2.05, 4.69) is 15.0 Å². The topological polar surface area (TPSA) is 63.9 Å². The van der Waals surface area contributed by atoms with Crippen LogP contribution >= 0.6 is 11.3 Å². The van der Waals surface area contributed by atoms with Gasteiger partial charge in [0.1, 0.15) is 11.5 Å². The Morgan fingerprint density at radius 1 is 1.31 bits per heavy atom. The lowest BCUT2D eigenvalue weighted by molar-refractivity contribution is 0.0610. The fourth-order valence-corrected chi connectivity index (χ4v) is 4.19. The molecule has 1 amide bonds. The normalized spacial score (nSPS) is 17.5. The van der Waals surface area contributed by atoms with Crippen LogP contribution in [-0.2, 0) is 7.05 Å². The summed E-state index contributed by atoms with van der Waals surface area (Å²) in [6.07, 6.45) is 6.72. The second kappa shape index (κ2) is 6.99. The van der Waals surface area contributed by atoms with Gasteiger partial charge in [0.2, 0.25) is 0 Å². The van der Waals surface area contributed by atoms with Crippen LogP contribution in [0, 0.1) is 6.92 Å². The van der Waals surface area contributed by atoms with Crippen LogP contribution in [0.15, 0.2) is 36.0 Å². The van der Waals surface area contributed by atoms with Gasteiger partial charge in [0, 0.05) is 26.0 Å². The van der Waals surface area contributed by atoms with Crippen LogP contribution < -0.4 is 0 Å². The van der Waals surface area contributed by atoms with Gasteiger partial charge in [-0.25, -0.2) is 15.0 Å². The van der Waals surface area contributed by atoms with Gasteiger partial charge >= 0.3 is 0 Å². The molecule has 3 aromatic heterocycles. The fraction of sp³-hybridized carbons (Fsp3) is 0.368. The summed E-state index contributed by atoms with van der Waals surface area (Å²) in [6.45, 7) is 2.66. The number of aromatic nitrogens is 4. The van der Waals surface area contributed by atoms with Gasteiger partial charge in [-0.05, 0) is 43.7 Å². The van der Waals surface area contributed by atoms with E-state index in [9.17, 15) is 4.79 Å². The van der Waals surface area contributed by atoms with E-state index in [1.54, 1.807) is 6.20 Å². The van der Waals surface area contributed by atoms with Crippen LogP contribution in [0.1, 0.15) is 46.5 Å². The third-order valence-corrected chi connectivity index (χ3v) is 5.60. The van der Waals surface area contributed by atoms with Gasteiger partial charge in [0.05, 0.1) is 16.6 Å². The number of amides is 1. The fourth-order valence-electron chi connectivity index (χ4n) is 3.51. The third kappa shape index (κ3) is 3.14. The number of imidazole rings is 1. The summed E-state index contributed by atoms with van der Waals surface area (Å²) >= 11 is 1.49. The number of piperidine rings is 1. The largest absolute Gasteiger partial charge is 0.333 e. The highest BCUT2D eigenvalue weighted by molar-refractivity contribution is 7.12. The molecule has 26 heavy (non-hydrogen) atoms. The summed E-state index contributed by atoms with van der Waals surface area (Å²) < 4.78 is 1.95. The van der Waals surface area contributed by atoms with E-state index in [4.69, 9.17) is 0 Å². The SMILES string of the molecule is Cc1nc(-c2nccn2C)cc(C2CCCCN2C(=O)c2cccs2)n1. The van der Waals surface area contributed by atoms with Gasteiger partial charge < -0.3 is 9.47 Å². The summed E-state index contributed by atoms with van der Waals surface area (Å²) in [7, 11) is 1.95. The summed E-state index contributed by atoms with van der Waals surface area (Å²) in [5.74, 6) is 1.61. The molecule has 1 aliphatic heterocycles. The van der Waals surface area contributed by atoms with Crippen molar-refractivity contribution in [3.05, 3.63) is 52.4 Å². The molecule has 0 aromatic carbocycles. The Kier molecular flexibility index (Phi) is 4.55. The molecule has 1 fully saturated rings. The molecule has 134 valence electrons. The number of thiophene rings is 1. The highest BCUT2D eigenvalue weighted by Gasteiger charge is 2.30. The summed E-state index contributed by atoms with van der Waals surface area (Å²) in [4.78, 5) is 29.4. The molecular formula is C19H21N5OS. The number of aryl methyl sites for hydroxylation is 2. The van der Waals surface area contributed by atoms with Crippen molar-refractivity contribution in [1.29, 1.82) is 0 Å². The number of hydrogen-bond donors (Lipinski definition) is 0. The van der Waals surface area contributed by atoms with Gasteiger partial charge in [0.25, 0.3) is 5.91 Å². The first-order chi connectivity index (χ1) is 12.6. The van der Waals surface area contributed by atoms with Gasteiger partial charge in [-0.15, -0.1) is 11.3 Å². The van der Waals surface area contributed by atoms with Crippen LogP contribution in [0.25, 0.3) is 11.5 Å². The Hall–Kier alpha value is -2.54. The number of carbonyl (C=O) groups is 1. The van der Waals surface area contributed by atoms with Crippen LogP contribution in [0.2, 0.25) is 0 Å². The molecule has 0 radical (unpaired) electrons. The maximum Gasteiger partial charge on any atom is 0.264 e. The Balaban J connectivity index is 1.71. The zero-order valence-electron chi connectivity index (χ0n) is 14.9. The molecule has 0 saturated carbocycles. The van der Waals surface area contributed by atoms with Crippen molar-refractivity contribution in [2.24, 2.45) is 7.05 Å². The minimum Gasteiger partial charge on any atom is -0.333 e. The van der Waals surface area contributed by atoms with Crippen molar-refractivity contribution < 1.29 is 4.79 Å². The highest BCUT2D eigenvalue weighted by Crippen LogP contribution is 2.33. The quantitative estimate of drug-likeness (QED) is 0.709. The Labute approximate surface area is 156 Å². The minimum atomic E-state index is -0.0148. The maximum absolute atomic E-state index is 13.0. The standard InChI is InChI=1S/C19H21N5OS/c1-13-21-14(12-15(22-13)18-20-8-10-23(18)2)16-6-3-4-9-24(16)19(25)17-7-5-11-26-17/h5,7-8,10-12,16H,3-4,6,9H2,1-2H3. The van der Waals surface area contributed by atoms with Gasteiger partial charge in [-0.3, -0.25) is 4.79 Å². The molecule has 7 heteroatoms. The van der Waals surface area contributed by atoms with E-state index in [1.807, 2.05) is 53.2 Å². The summed E-state index contributed by atoms with van der Waals surface area (Å²) in [5, 5.41) is 1.94. The molecule has 1 atom stereocenters. The number of rotatable bonds is 3. The molecule has 4 rings (SSSR count). The average Bonchev–Trinajstić information content (AvgIpc) is 3.32. The lowest BCUT2D eigenvalue weighted by atomic mass is 9.98. The first-order valence-electron chi connectivity index (χ1n) is 8.81. The second-order valence-corrected chi connectivity index (χ2v) is 7.52.